The highest BCUT2D eigenvalue weighted by atomic mass is 19.4. The summed E-state index contributed by atoms with van der Waals surface area (Å²) in [6.07, 6.45) is -4.98. The van der Waals surface area contributed by atoms with E-state index in [-0.39, 0.29) is 17.0 Å². The van der Waals surface area contributed by atoms with Crippen LogP contribution < -0.4 is 4.74 Å². The van der Waals surface area contributed by atoms with Crippen LogP contribution in [-0.4, -0.2) is 20.7 Å². The van der Waals surface area contributed by atoms with Crippen LogP contribution in [0.25, 0.3) is 16.8 Å². The smallest absolute Gasteiger partial charge is 0.406 e. The quantitative estimate of drug-likeness (QED) is 0.656. The zero-order valence-electron chi connectivity index (χ0n) is 12.2. The van der Waals surface area contributed by atoms with Crippen LogP contribution in [0, 0.1) is 6.92 Å². The predicted molar refractivity (Wildman–Crippen MR) is 74.8 cm³/mol. The highest BCUT2D eigenvalue weighted by Crippen LogP contribution is 2.30. The number of fused-ring (bicyclic) bond motifs is 1. The van der Waals surface area contributed by atoms with Gasteiger partial charge >= 0.3 is 6.36 Å². The minimum atomic E-state index is -4.78. The first-order valence-electron chi connectivity index (χ1n) is 6.72. The zero-order chi connectivity index (χ0) is 17.5. The van der Waals surface area contributed by atoms with Crippen molar-refractivity contribution in [3.63, 3.8) is 0 Å². The Hall–Kier alpha value is -2.71. The summed E-state index contributed by atoms with van der Waals surface area (Å²) in [5.74, 6) is -0.359. The fourth-order valence-corrected chi connectivity index (χ4v) is 2.35. The Morgan fingerprint density at radius 3 is 2.42 bits per heavy atom. The molecule has 3 rings (SSSR count). The number of rotatable bonds is 3. The van der Waals surface area contributed by atoms with Crippen molar-refractivity contribution in [3.05, 3.63) is 48.2 Å². The first-order valence-corrected chi connectivity index (χ1v) is 6.72. The molecule has 0 aliphatic carbocycles. The van der Waals surface area contributed by atoms with Crippen LogP contribution in [-0.2, 0) is 0 Å². The van der Waals surface area contributed by atoms with Gasteiger partial charge in [0.2, 0.25) is 0 Å². The maximum atomic E-state index is 12.9. The molecule has 2 aromatic heterocycles. The predicted octanol–water partition coefficient (Wildman–Crippen LogP) is 4.54. The summed E-state index contributed by atoms with van der Waals surface area (Å²) in [7, 11) is 0. The molecular formula is C15H10F5N3O. The number of aryl methyl sites for hydroxylation is 1. The van der Waals surface area contributed by atoms with E-state index in [9.17, 15) is 22.0 Å². The van der Waals surface area contributed by atoms with Crippen LogP contribution in [0.5, 0.6) is 5.75 Å². The Kier molecular flexibility index (Phi) is 3.86. The SMILES string of the molecule is Cc1cc(OC(F)(F)F)ccc1-c1cc2c(C(F)F)ncn2cn1. The Bertz CT molecular complexity index is 888. The van der Waals surface area contributed by atoms with Crippen molar-refractivity contribution in [1.29, 1.82) is 0 Å². The molecule has 0 amide bonds. The Labute approximate surface area is 132 Å². The van der Waals surface area contributed by atoms with Gasteiger partial charge in [-0.3, -0.25) is 4.40 Å². The summed E-state index contributed by atoms with van der Waals surface area (Å²) in [6.45, 7) is 1.58. The second-order valence-corrected chi connectivity index (χ2v) is 5.02. The first-order chi connectivity index (χ1) is 11.2. The number of nitrogens with zero attached hydrogens (tertiary/aromatic N) is 3. The van der Waals surface area contributed by atoms with Crippen molar-refractivity contribution in [2.75, 3.05) is 0 Å². The molecule has 0 aliphatic rings. The van der Waals surface area contributed by atoms with Gasteiger partial charge in [-0.25, -0.2) is 18.7 Å². The van der Waals surface area contributed by atoms with E-state index in [0.717, 1.165) is 6.07 Å². The maximum absolute atomic E-state index is 12.9. The lowest BCUT2D eigenvalue weighted by Crippen LogP contribution is -2.17. The van der Waals surface area contributed by atoms with Gasteiger partial charge in [-0.15, -0.1) is 13.2 Å². The molecule has 1 aromatic carbocycles. The molecule has 0 atom stereocenters. The van der Waals surface area contributed by atoms with E-state index in [4.69, 9.17) is 0 Å². The normalized spacial score (nSPS) is 12.1. The lowest BCUT2D eigenvalue weighted by molar-refractivity contribution is -0.274. The van der Waals surface area contributed by atoms with Gasteiger partial charge < -0.3 is 4.74 Å². The van der Waals surface area contributed by atoms with Crippen molar-refractivity contribution in [2.45, 2.75) is 19.7 Å². The number of hydrogen-bond acceptors (Lipinski definition) is 3. The van der Waals surface area contributed by atoms with Crippen molar-refractivity contribution < 1.29 is 26.7 Å². The highest BCUT2D eigenvalue weighted by molar-refractivity contribution is 5.70. The summed E-state index contributed by atoms with van der Waals surface area (Å²) >= 11 is 0. The van der Waals surface area contributed by atoms with Gasteiger partial charge in [0.15, 0.2) is 0 Å². The fourth-order valence-electron chi connectivity index (χ4n) is 2.35. The molecule has 3 aromatic rings. The molecule has 9 heteroatoms. The molecule has 24 heavy (non-hydrogen) atoms. The average molecular weight is 343 g/mol. The molecule has 0 fully saturated rings. The van der Waals surface area contributed by atoms with Crippen LogP contribution in [0.2, 0.25) is 0 Å². The number of halogens is 5. The molecule has 0 spiro atoms. The molecule has 0 N–H and O–H groups in total. The van der Waals surface area contributed by atoms with Crippen molar-refractivity contribution >= 4 is 5.52 Å². The van der Waals surface area contributed by atoms with Crippen LogP contribution in [0.1, 0.15) is 17.7 Å². The van der Waals surface area contributed by atoms with Crippen molar-refractivity contribution in [2.24, 2.45) is 0 Å². The van der Waals surface area contributed by atoms with E-state index >= 15 is 0 Å². The number of ether oxygens (including phenoxy) is 1. The molecular weight excluding hydrogens is 333 g/mol. The first kappa shape index (κ1) is 16.2. The maximum Gasteiger partial charge on any atom is 0.573 e. The summed E-state index contributed by atoms with van der Waals surface area (Å²) in [6, 6.07) is 5.17. The largest absolute Gasteiger partial charge is 0.573 e. The second kappa shape index (κ2) is 5.73. The molecule has 126 valence electrons. The number of imidazole rings is 1. The molecule has 0 aliphatic heterocycles. The number of hydrogen-bond donors (Lipinski definition) is 0. The summed E-state index contributed by atoms with van der Waals surface area (Å²) in [5.41, 5.74) is 1.12. The molecule has 0 saturated carbocycles. The highest BCUT2D eigenvalue weighted by Gasteiger charge is 2.31. The van der Waals surface area contributed by atoms with Crippen molar-refractivity contribution in [1.82, 2.24) is 14.4 Å². The topological polar surface area (TPSA) is 39.4 Å². The lowest BCUT2D eigenvalue weighted by Gasteiger charge is -2.11. The van der Waals surface area contributed by atoms with Crippen LogP contribution in [0.3, 0.4) is 0 Å². The molecule has 2 heterocycles. The Balaban J connectivity index is 2.02. The van der Waals surface area contributed by atoms with Gasteiger partial charge in [0.25, 0.3) is 6.43 Å². The molecule has 0 bridgehead atoms. The van der Waals surface area contributed by atoms with Gasteiger partial charge in [-0.2, -0.15) is 0 Å². The standard InChI is InChI=1S/C15H10F5N3O/c1-8-4-9(24-15(18,19)20)2-3-10(8)11-5-12-13(14(16)17)22-7-23(12)6-21-11/h2-7,14H,1H3. The summed E-state index contributed by atoms with van der Waals surface area (Å²) in [5, 5.41) is 0. The number of aromatic nitrogens is 3. The Morgan fingerprint density at radius 1 is 1.08 bits per heavy atom. The third kappa shape index (κ3) is 3.15. The third-order valence-corrected chi connectivity index (χ3v) is 3.37. The van der Waals surface area contributed by atoms with Gasteiger partial charge in [-0.1, -0.05) is 0 Å². The Morgan fingerprint density at radius 2 is 1.79 bits per heavy atom. The fraction of sp³-hybridized carbons (Fsp3) is 0.200. The van der Waals surface area contributed by atoms with Gasteiger partial charge in [-0.05, 0) is 36.8 Å². The second-order valence-electron chi connectivity index (χ2n) is 5.02. The van der Waals surface area contributed by atoms with Crippen molar-refractivity contribution in [3.8, 4) is 17.0 Å². The average Bonchev–Trinajstić information content (AvgIpc) is 2.88. The van der Waals surface area contributed by atoms with Gasteiger partial charge in [0, 0.05) is 5.56 Å². The molecule has 0 saturated heterocycles. The third-order valence-electron chi connectivity index (χ3n) is 3.37. The lowest BCUT2D eigenvalue weighted by atomic mass is 10.0. The monoisotopic (exact) mass is 343 g/mol. The van der Waals surface area contributed by atoms with E-state index in [1.165, 1.54) is 35.3 Å². The van der Waals surface area contributed by atoms with E-state index in [2.05, 4.69) is 14.7 Å². The number of benzene rings is 1. The van der Waals surface area contributed by atoms with E-state index < -0.39 is 12.8 Å². The van der Waals surface area contributed by atoms with Crippen LogP contribution in [0.4, 0.5) is 22.0 Å². The van der Waals surface area contributed by atoms with Crippen LogP contribution >= 0.6 is 0 Å². The summed E-state index contributed by atoms with van der Waals surface area (Å²) in [4.78, 5) is 7.76. The molecule has 0 unspecified atom stereocenters. The van der Waals surface area contributed by atoms with E-state index in [1.807, 2.05) is 0 Å². The minimum absolute atomic E-state index is 0.185. The van der Waals surface area contributed by atoms with Crippen LogP contribution in [0.15, 0.2) is 36.9 Å². The molecule has 0 radical (unpaired) electrons. The zero-order valence-corrected chi connectivity index (χ0v) is 12.2. The minimum Gasteiger partial charge on any atom is -0.406 e. The number of alkyl halides is 5. The van der Waals surface area contributed by atoms with E-state index in [1.54, 1.807) is 6.92 Å². The van der Waals surface area contributed by atoms with Gasteiger partial charge in [0.05, 0.1) is 11.2 Å². The van der Waals surface area contributed by atoms with Gasteiger partial charge in [0.1, 0.15) is 24.1 Å². The molecule has 4 nitrogen and oxygen atoms in total. The van der Waals surface area contributed by atoms with E-state index in [0.29, 0.717) is 16.8 Å². The summed E-state index contributed by atoms with van der Waals surface area (Å²) < 4.78 is 67.8.